The van der Waals surface area contributed by atoms with Crippen LogP contribution in [0.25, 0.3) is 0 Å². The number of nitrogens with one attached hydrogen (secondary N) is 1. The molecule has 0 saturated heterocycles. The SMILES string of the molecule is CC(C)OCCCNCc1cccc(Cl)c1.Cl. The van der Waals surface area contributed by atoms with E-state index in [0.717, 1.165) is 31.1 Å². The highest BCUT2D eigenvalue weighted by molar-refractivity contribution is 6.30. The Morgan fingerprint density at radius 2 is 2.12 bits per heavy atom. The third kappa shape index (κ3) is 8.44. The minimum absolute atomic E-state index is 0. The van der Waals surface area contributed by atoms with Crippen LogP contribution in [0.3, 0.4) is 0 Å². The lowest BCUT2D eigenvalue weighted by Gasteiger charge is -2.08. The van der Waals surface area contributed by atoms with Crippen molar-refractivity contribution < 1.29 is 4.74 Å². The molecule has 0 fully saturated rings. The maximum atomic E-state index is 5.89. The maximum Gasteiger partial charge on any atom is 0.0518 e. The average Bonchev–Trinajstić information content (AvgIpc) is 2.23. The molecule has 1 N–H and O–H groups in total. The van der Waals surface area contributed by atoms with Crippen LogP contribution in [0.4, 0.5) is 0 Å². The number of rotatable bonds is 7. The molecule has 0 atom stereocenters. The molecule has 4 heteroatoms. The molecule has 0 bridgehead atoms. The molecule has 0 aliphatic rings. The third-order valence-electron chi connectivity index (χ3n) is 2.17. The highest BCUT2D eigenvalue weighted by atomic mass is 35.5. The smallest absolute Gasteiger partial charge is 0.0518 e. The lowest BCUT2D eigenvalue weighted by atomic mass is 10.2. The first-order valence-electron chi connectivity index (χ1n) is 5.75. The van der Waals surface area contributed by atoms with Crippen LogP contribution in [0.2, 0.25) is 5.02 Å². The van der Waals surface area contributed by atoms with E-state index in [1.165, 1.54) is 5.56 Å². The van der Waals surface area contributed by atoms with Gasteiger partial charge in [0, 0.05) is 18.2 Å². The third-order valence-corrected chi connectivity index (χ3v) is 2.40. The molecule has 0 aliphatic carbocycles. The molecule has 1 rings (SSSR count). The monoisotopic (exact) mass is 277 g/mol. The van der Waals surface area contributed by atoms with Gasteiger partial charge in [-0.15, -0.1) is 12.4 Å². The van der Waals surface area contributed by atoms with Crippen molar-refractivity contribution in [3.8, 4) is 0 Å². The van der Waals surface area contributed by atoms with Crippen molar-refractivity contribution in [2.75, 3.05) is 13.2 Å². The van der Waals surface area contributed by atoms with E-state index in [2.05, 4.69) is 25.2 Å². The molecule has 0 heterocycles. The van der Waals surface area contributed by atoms with Crippen LogP contribution in [0.15, 0.2) is 24.3 Å². The second-order valence-corrected chi connectivity index (χ2v) is 4.52. The Hall–Kier alpha value is -0.280. The van der Waals surface area contributed by atoms with Crippen molar-refractivity contribution in [3.05, 3.63) is 34.9 Å². The van der Waals surface area contributed by atoms with Crippen molar-refractivity contribution in [2.24, 2.45) is 0 Å². The zero-order valence-electron chi connectivity index (χ0n) is 10.4. The Morgan fingerprint density at radius 3 is 2.76 bits per heavy atom. The van der Waals surface area contributed by atoms with E-state index in [4.69, 9.17) is 16.3 Å². The van der Waals surface area contributed by atoms with Gasteiger partial charge < -0.3 is 10.1 Å². The van der Waals surface area contributed by atoms with Gasteiger partial charge in [-0.1, -0.05) is 23.7 Å². The molecular weight excluding hydrogens is 257 g/mol. The lowest BCUT2D eigenvalue weighted by Crippen LogP contribution is -2.17. The van der Waals surface area contributed by atoms with Gasteiger partial charge in [-0.2, -0.15) is 0 Å². The van der Waals surface area contributed by atoms with Gasteiger partial charge in [-0.05, 0) is 44.5 Å². The summed E-state index contributed by atoms with van der Waals surface area (Å²) in [6.45, 7) is 6.76. The van der Waals surface area contributed by atoms with Crippen molar-refractivity contribution in [1.29, 1.82) is 0 Å². The van der Waals surface area contributed by atoms with E-state index in [9.17, 15) is 0 Å². The van der Waals surface area contributed by atoms with Gasteiger partial charge in [0.05, 0.1) is 6.10 Å². The molecule has 0 aromatic heterocycles. The maximum absolute atomic E-state index is 5.89. The molecule has 0 saturated carbocycles. The summed E-state index contributed by atoms with van der Waals surface area (Å²) in [7, 11) is 0. The fourth-order valence-electron chi connectivity index (χ4n) is 1.40. The molecule has 98 valence electrons. The molecule has 1 aromatic rings. The zero-order valence-corrected chi connectivity index (χ0v) is 12.0. The summed E-state index contributed by atoms with van der Waals surface area (Å²) < 4.78 is 5.45. The van der Waals surface area contributed by atoms with Gasteiger partial charge >= 0.3 is 0 Å². The predicted octanol–water partition coefficient (Wildman–Crippen LogP) is 3.67. The molecule has 0 radical (unpaired) electrons. The van der Waals surface area contributed by atoms with E-state index in [1.807, 2.05) is 18.2 Å². The minimum atomic E-state index is 0. The van der Waals surface area contributed by atoms with Gasteiger partial charge in [-0.3, -0.25) is 0 Å². The van der Waals surface area contributed by atoms with E-state index in [0.29, 0.717) is 6.10 Å². The van der Waals surface area contributed by atoms with Gasteiger partial charge in [-0.25, -0.2) is 0 Å². The van der Waals surface area contributed by atoms with Crippen LogP contribution in [0, 0.1) is 0 Å². The summed E-state index contributed by atoms with van der Waals surface area (Å²) in [5.41, 5.74) is 1.22. The second kappa shape index (κ2) is 9.72. The van der Waals surface area contributed by atoms with Gasteiger partial charge in [0.1, 0.15) is 0 Å². The van der Waals surface area contributed by atoms with Crippen LogP contribution in [-0.4, -0.2) is 19.3 Å². The van der Waals surface area contributed by atoms with E-state index >= 15 is 0 Å². The molecule has 0 unspecified atom stereocenters. The molecule has 2 nitrogen and oxygen atoms in total. The van der Waals surface area contributed by atoms with Gasteiger partial charge in [0.25, 0.3) is 0 Å². The molecule has 0 spiro atoms. The van der Waals surface area contributed by atoms with E-state index in [-0.39, 0.29) is 12.4 Å². The highest BCUT2D eigenvalue weighted by Crippen LogP contribution is 2.10. The predicted molar refractivity (Wildman–Crippen MR) is 76.1 cm³/mol. The largest absolute Gasteiger partial charge is 0.379 e. The van der Waals surface area contributed by atoms with Crippen LogP contribution >= 0.6 is 24.0 Å². The summed E-state index contributed by atoms with van der Waals surface area (Å²) >= 11 is 5.89. The number of benzene rings is 1. The summed E-state index contributed by atoms with van der Waals surface area (Å²) in [5.74, 6) is 0. The quantitative estimate of drug-likeness (QED) is 0.768. The van der Waals surface area contributed by atoms with Crippen LogP contribution in [-0.2, 0) is 11.3 Å². The van der Waals surface area contributed by atoms with Crippen molar-refractivity contribution in [1.82, 2.24) is 5.32 Å². The molecule has 17 heavy (non-hydrogen) atoms. The summed E-state index contributed by atoms with van der Waals surface area (Å²) in [4.78, 5) is 0. The Labute approximate surface area is 115 Å². The Bertz CT molecular complexity index is 305. The van der Waals surface area contributed by atoms with Crippen molar-refractivity contribution in [3.63, 3.8) is 0 Å². The number of hydrogen-bond donors (Lipinski definition) is 1. The second-order valence-electron chi connectivity index (χ2n) is 4.08. The first-order chi connectivity index (χ1) is 7.68. The number of ether oxygens (including phenoxy) is 1. The summed E-state index contributed by atoms with van der Waals surface area (Å²) in [6, 6.07) is 7.92. The van der Waals surface area contributed by atoms with Crippen molar-refractivity contribution in [2.45, 2.75) is 32.9 Å². The number of halogens is 2. The van der Waals surface area contributed by atoms with Crippen LogP contribution in [0.5, 0.6) is 0 Å². The van der Waals surface area contributed by atoms with Gasteiger partial charge in [0.15, 0.2) is 0 Å². The van der Waals surface area contributed by atoms with E-state index < -0.39 is 0 Å². The van der Waals surface area contributed by atoms with Crippen molar-refractivity contribution >= 4 is 24.0 Å². The lowest BCUT2D eigenvalue weighted by molar-refractivity contribution is 0.0770. The van der Waals surface area contributed by atoms with Gasteiger partial charge in [0.2, 0.25) is 0 Å². The first kappa shape index (κ1) is 16.7. The fourth-order valence-corrected chi connectivity index (χ4v) is 1.61. The number of hydrogen-bond acceptors (Lipinski definition) is 2. The van der Waals surface area contributed by atoms with E-state index in [1.54, 1.807) is 0 Å². The summed E-state index contributed by atoms with van der Waals surface area (Å²) in [5, 5.41) is 4.16. The molecule has 1 aromatic carbocycles. The normalized spacial score (nSPS) is 10.4. The standard InChI is InChI=1S/C13H20ClNO.ClH/c1-11(2)16-8-4-7-15-10-12-5-3-6-13(14)9-12;/h3,5-6,9,11,15H,4,7-8,10H2,1-2H3;1H. The zero-order chi connectivity index (χ0) is 11.8. The fraction of sp³-hybridized carbons (Fsp3) is 0.538. The van der Waals surface area contributed by atoms with Crippen LogP contribution in [0.1, 0.15) is 25.8 Å². The molecular formula is C13H21Cl2NO. The average molecular weight is 278 g/mol. The highest BCUT2D eigenvalue weighted by Gasteiger charge is 1.95. The van der Waals surface area contributed by atoms with Crippen LogP contribution < -0.4 is 5.32 Å². The Kier molecular flexibility index (Phi) is 9.56. The Balaban J connectivity index is 0.00000256. The molecule has 0 aliphatic heterocycles. The summed E-state index contributed by atoms with van der Waals surface area (Å²) in [6.07, 6.45) is 1.37. The molecule has 0 amide bonds. The first-order valence-corrected chi connectivity index (χ1v) is 6.13. The topological polar surface area (TPSA) is 21.3 Å². The minimum Gasteiger partial charge on any atom is -0.379 e. The Morgan fingerprint density at radius 1 is 1.35 bits per heavy atom.